The van der Waals surface area contributed by atoms with Crippen LogP contribution in [0, 0.1) is 0 Å². The fraction of sp³-hybridized carbons (Fsp3) is 0.500. The molecule has 2 amide bonds. The van der Waals surface area contributed by atoms with E-state index >= 15 is 0 Å². The van der Waals surface area contributed by atoms with E-state index in [1.165, 1.54) is 6.42 Å². The lowest BCUT2D eigenvalue weighted by atomic mass is 10.1. The van der Waals surface area contributed by atoms with Gasteiger partial charge in [-0.3, -0.25) is 0 Å². The summed E-state index contributed by atoms with van der Waals surface area (Å²) in [4.78, 5) is 19.0. The summed E-state index contributed by atoms with van der Waals surface area (Å²) >= 11 is 0. The summed E-state index contributed by atoms with van der Waals surface area (Å²) in [6.07, 6.45) is 5.39. The number of carbonyl (C=O) groups is 1. The summed E-state index contributed by atoms with van der Waals surface area (Å²) in [7, 11) is 0. The largest absolute Gasteiger partial charge is 0.378 e. The highest BCUT2D eigenvalue weighted by Crippen LogP contribution is 2.16. The van der Waals surface area contributed by atoms with Crippen molar-refractivity contribution in [3.8, 4) is 0 Å². The number of hydrogen-bond donors (Lipinski definition) is 2. The van der Waals surface area contributed by atoms with Crippen LogP contribution in [0.25, 0.3) is 0 Å². The molecule has 2 N–H and O–H groups in total. The summed E-state index contributed by atoms with van der Waals surface area (Å²) in [5.74, 6) is 0.916. The van der Waals surface area contributed by atoms with E-state index in [4.69, 9.17) is 14.2 Å². The minimum Gasteiger partial charge on any atom is -0.378 e. The number of carbonyl (C=O) groups excluding carboxylic acids is 1. The predicted octanol–water partition coefficient (Wildman–Crippen LogP) is 3.33. The number of hydrogen-bond acceptors (Lipinski definition) is 6. The van der Waals surface area contributed by atoms with Gasteiger partial charge in [0.15, 0.2) is 0 Å². The average molecular weight is 441 g/mol. The number of nitrogens with zero attached hydrogens (tertiary/aromatic N) is 2. The zero-order valence-electron chi connectivity index (χ0n) is 18.4. The number of aromatic nitrogens is 1. The van der Waals surface area contributed by atoms with Crippen molar-refractivity contribution in [1.82, 2.24) is 10.3 Å². The number of morpholine rings is 1. The maximum atomic E-state index is 12.4. The van der Waals surface area contributed by atoms with Crippen molar-refractivity contribution in [3.05, 3.63) is 53.7 Å². The van der Waals surface area contributed by atoms with Crippen molar-refractivity contribution in [1.29, 1.82) is 0 Å². The molecule has 2 aliphatic heterocycles. The first-order valence-electron chi connectivity index (χ1n) is 11.4. The number of amides is 2. The van der Waals surface area contributed by atoms with Crippen LogP contribution in [-0.2, 0) is 27.4 Å². The fourth-order valence-electron chi connectivity index (χ4n) is 3.88. The molecule has 2 fully saturated rings. The molecule has 0 aliphatic carbocycles. The summed E-state index contributed by atoms with van der Waals surface area (Å²) < 4.78 is 16.9. The SMILES string of the molecule is O=C(NCc1ccnc(N2CCOCC2)c1)Nc1cccc(COC[C@@H]2CCCCO2)c1. The van der Waals surface area contributed by atoms with E-state index in [2.05, 4.69) is 20.5 Å². The Balaban J connectivity index is 1.22. The maximum Gasteiger partial charge on any atom is 0.319 e. The highest BCUT2D eigenvalue weighted by atomic mass is 16.5. The molecule has 0 unspecified atom stereocenters. The molecule has 8 heteroatoms. The van der Waals surface area contributed by atoms with E-state index in [1.54, 1.807) is 6.20 Å². The van der Waals surface area contributed by atoms with E-state index in [0.29, 0.717) is 33.0 Å². The van der Waals surface area contributed by atoms with E-state index in [-0.39, 0.29) is 12.1 Å². The standard InChI is InChI=1S/C24H32N4O4/c29-24(26-16-19-7-8-25-23(15-19)28-9-12-30-13-10-28)27-21-5-3-4-20(14-21)17-31-18-22-6-1-2-11-32-22/h3-5,7-8,14-15,22H,1-2,6,9-13,16-18H2,(H2,26,27,29)/t22-/m0/s1. The lowest BCUT2D eigenvalue weighted by Crippen LogP contribution is -2.36. The molecule has 0 bridgehead atoms. The first-order chi connectivity index (χ1) is 15.8. The van der Waals surface area contributed by atoms with Gasteiger partial charge < -0.3 is 29.7 Å². The Kier molecular flexibility index (Phi) is 8.30. The van der Waals surface area contributed by atoms with Gasteiger partial charge in [0, 0.05) is 38.1 Å². The molecule has 32 heavy (non-hydrogen) atoms. The van der Waals surface area contributed by atoms with Gasteiger partial charge in [-0.25, -0.2) is 9.78 Å². The second kappa shape index (κ2) is 11.8. The lowest BCUT2D eigenvalue weighted by molar-refractivity contribution is -0.0447. The molecule has 1 aromatic heterocycles. The van der Waals surface area contributed by atoms with Crippen molar-refractivity contribution < 1.29 is 19.0 Å². The van der Waals surface area contributed by atoms with Gasteiger partial charge >= 0.3 is 6.03 Å². The van der Waals surface area contributed by atoms with Gasteiger partial charge in [0.1, 0.15) is 5.82 Å². The molecule has 4 rings (SSSR count). The first kappa shape index (κ1) is 22.5. The summed E-state index contributed by atoms with van der Waals surface area (Å²) in [6, 6.07) is 11.4. The van der Waals surface area contributed by atoms with Gasteiger partial charge in [-0.15, -0.1) is 0 Å². The van der Waals surface area contributed by atoms with Crippen molar-refractivity contribution >= 4 is 17.5 Å². The normalized spacial score (nSPS) is 18.9. The molecule has 8 nitrogen and oxygen atoms in total. The van der Waals surface area contributed by atoms with E-state index in [9.17, 15) is 4.79 Å². The number of urea groups is 1. The molecule has 2 aromatic rings. The van der Waals surface area contributed by atoms with E-state index in [1.807, 2.05) is 36.4 Å². The van der Waals surface area contributed by atoms with Crippen molar-refractivity contribution in [2.45, 2.75) is 38.5 Å². The molecule has 0 radical (unpaired) electrons. The van der Waals surface area contributed by atoms with Crippen LogP contribution in [0.2, 0.25) is 0 Å². The lowest BCUT2D eigenvalue weighted by Gasteiger charge is -2.28. The van der Waals surface area contributed by atoms with Crippen LogP contribution in [0.15, 0.2) is 42.6 Å². The Morgan fingerprint density at radius 2 is 2.03 bits per heavy atom. The Morgan fingerprint density at radius 3 is 2.88 bits per heavy atom. The van der Waals surface area contributed by atoms with E-state index < -0.39 is 0 Å². The molecule has 172 valence electrons. The second-order valence-corrected chi connectivity index (χ2v) is 8.13. The molecular formula is C24H32N4O4. The predicted molar refractivity (Wildman–Crippen MR) is 123 cm³/mol. The zero-order valence-corrected chi connectivity index (χ0v) is 18.4. The number of pyridine rings is 1. The van der Waals surface area contributed by atoms with Gasteiger partial charge in [-0.2, -0.15) is 0 Å². The minimum absolute atomic E-state index is 0.202. The summed E-state index contributed by atoms with van der Waals surface area (Å²) in [5.41, 5.74) is 2.76. The molecule has 1 aromatic carbocycles. The van der Waals surface area contributed by atoms with Crippen LogP contribution in [0.1, 0.15) is 30.4 Å². The second-order valence-electron chi connectivity index (χ2n) is 8.13. The monoisotopic (exact) mass is 440 g/mol. The van der Waals surface area contributed by atoms with Gasteiger partial charge in [-0.1, -0.05) is 12.1 Å². The Morgan fingerprint density at radius 1 is 1.12 bits per heavy atom. The van der Waals surface area contributed by atoms with Crippen molar-refractivity contribution in [2.24, 2.45) is 0 Å². The van der Waals surface area contributed by atoms with Gasteiger partial charge in [0.25, 0.3) is 0 Å². The Hall–Kier alpha value is -2.68. The third-order valence-corrected chi connectivity index (χ3v) is 5.63. The highest BCUT2D eigenvalue weighted by Gasteiger charge is 2.14. The molecule has 2 aliphatic rings. The number of benzene rings is 1. The molecule has 0 spiro atoms. The van der Waals surface area contributed by atoms with Crippen LogP contribution >= 0.6 is 0 Å². The minimum atomic E-state index is -0.247. The van der Waals surface area contributed by atoms with Crippen molar-refractivity contribution in [2.75, 3.05) is 49.7 Å². The fourth-order valence-corrected chi connectivity index (χ4v) is 3.88. The average Bonchev–Trinajstić information content (AvgIpc) is 2.84. The third kappa shape index (κ3) is 6.91. The maximum absolute atomic E-state index is 12.4. The van der Waals surface area contributed by atoms with Crippen LogP contribution in [0.5, 0.6) is 0 Å². The van der Waals surface area contributed by atoms with Gasteiger partial charge in [0.2, 0.25) is 0 Å². The first-order valence-corrected chi connectivity index (χ1v) is 11.4. The summed E-state index contributed by atoms with van der Waals surface area (Å²) in [6.45, 7) is 5.45. The molecular weight excluding hydrogens is 408 g/mol. The quantitative estimate of drug-likeness (QED) is 0.655. The van der Waals surface area contributed by atoms with Gasteiger partial charge in [-0.05, 0) is 54.7 Å². The van der Waals surface area contributed by atoms with E-state index in [0.717, 1.165) is 55.2 Å². The van der Waals surface area contributed by atoms with Crippen LogP contribution in [0.3, 0.4) is 0 Å². The smallest absolute Gasteiger partial charge is 0.319 e. The zero-order chi connectivity index (χ0) is 22.0. The number of anilines is 2. The summed E-state index contributed by atoms with van der Waals surface area (Å²) in [5, 5.41) is 5.81. The molecule has 1 atom stereocenters. The van der Waals surface area contributed by atoms with Crippen LogP contribution in [0.4, 0.5) is 16.3 Å². The number of ether oxygens (including phenoxy) is 3. The topological polar surface area (TPSA) is 85.0 Å². The number of rotatable bonds is 8. The molecule has 3 heterocycles. The Labute approximate surface area is 189 Å². The molecule has 0 saturated carbocycles. The van der Waals surface area contributed by atoms with Crippen LogP contribution in [-0.4, -0.2) is 56.6 Å². The molecule has 2 saturated heterocycles. The number of nitrogens with one attached hydrogen (secondary N) is 2. The Bertz CT molecular complexity index is 867. The highest BCUT2D eigenvalue weighted by molar-refractivity contribution is 5.89. The van der Waals surface area contributed by atoms with Crippen molar-refractivity contribution in [3.63, 3.8) is 0 Å². The van der Waals surface area contributed by atoms with Gasteiger partial charge in [0.05, 0.1) is 32.5 Å². The third-order valence-electron chi connectivity index (χ3n) is 5.63. The van der Waals surface area contributed by atoms with Crippen LogP contribution < -0.4 is 15.5 Å².